The summed E-state index contributed by atoms with van der Waals surface area (Å²) in [5, 5.41) is 10.4. The van der Waals surface area contributed by atoms with Crippen LogP contribution in [-0.2, 0) is 6.42 Å². The molecule has 0 heterocycles. The maximum Gasteiger partial charge on any atom is 0.122 e. The smallest absolute Gasteiger partial charge is 0.122 e. The van der Waals surface area contributed by atoms with E-state index in [1.807, 2.05) is 36.4 Å². The second kappa shape index (κ2) is 7.62. The molecule has 112 valence electrons. The van der Waals surface area contributed by atoms with E-state index in [9.17, 15) is 5.11 Å². The quantitative estimate of drug-likeness (QED) is 0.829. The highest BCUT2D eigenvalue weighted by molar-refractivity contribution is 9.10. The number of methoxy groups -OCH3 is 1. The van der Waals surface area contributed by atoms with E-state index in [-0.39, 0.29) is 6.10 Å². The summed E-state index contributed by atoms with van der Waals surface area (Å²) in [7, 11) is 1.66. The van der Waals surface area contributed by atoms with Crippen molar-refractivity contribution in [2.75, 3.05) is 7.11 Å². The van der Waals surface area contributed by atoms with E-state index < -0.39 is 0 Å². The summed E-state index contributed by atoms with van der Waals surface area (Å²) in [4.78, 5) is 0. The highest BCUT2D eigenvalue weighted by atomic mass is 79.9. The molecule has 0 spiro atoms. The maximum atomic E-state index is 10.4. The zero-order chi connectivity index (χ0) is 15.2. The van der Waals surface area contributed by atoms with Crippen molar-refractivity contribution in [2.24, 2.45) is 0 Å². The van der Waals surface area contributed by atoms with Gasteiger partial charge in [0.1, 0.15) is 5.75 Å². The Labute approximate surface area is 134 Å². The first-order valence-electron chi connectivity index (χ1n) is 7.15. The van der Waals surface area contributed by atoms with Crippen LogP contribution in [0.4, 0.5) is 0 Å². The fraction of sp³-hybridized carbons (Fsp3) is 0.333. The summed E-state index contributed by atoms with van der Waals surface area (Å²) in [5.41, 5.74) is 2.29. The lowest BCUT2D eigenvalue weighted by Crippen LogP contribution is -2.14. The minimum absolute atomic E-state index is 0.333. The summed E-state index contributed by atoms with van der Waals surface area (Å²) in [6.45, 7) is 2.15. The van der Waals surface area contributed by atoms with Gasteiger partial charge in [-0.15, -0.1) is 0 Å². The average molecular weight is 349 g/mol. The Morgan fingerprint density at radius 1 is 1.14 bits per heavy atom. The van der Waals surface area contributed by atoms with Crippen LogP contribution in [0.15, 0.2) is 53.0 Å². The molecular formula is C18H21BrO2. The number of benzene rings is 2. The highest BCUT2D eigenvalue weighted by Crippen LogP contribution is 2.27. The lowest BCUT2D eigenvalue weighted by atomic mass is 9.92. The Morgan fingerprint density at radius 2 is 1.86 bits per heavy atom. The number of aliphatic hydroxyl groups excluding tert-OH is 1. The van der Waals surface area contributed by atoms with Gasteiger partial charge in [0.2, 0.25) is 0 Å². The summed E-state index contributed by atoms with van der Waals surface area (Å²) >= 11 is 3.47. The number of rotatable bonds is 6. The molecule has 3 heteroatoms. The van der Waals surface area contributed by atoms with Crippen LogP contribution < -0.4 is 4.74 Å². The minimum Gasteiger partial charge on any atom is -0.496 e. The number of hydrogen-bond acceptors (Lipinski definition) is 2. The molecule has 0 amide bonds. The van der Waals surface area contributed by atoms with Gasteiger partial charge in [-0.3, -0.25) is 0 Å². The van der Waals surface area contributed by atoms with Crippen molar-refractivity contribution in [3.05, 3.63) is 64.1 Å². The van der Waals surface area contributed by atoms with E-state index in [0.717, 1.165) is 22.2 Å². The van der Waals surface area contributed by atoms with Gasteiger partial charge in [0, 0.05) is 10.9 Å². The highest BCUT2D eigenvalue weighted by Gasteiger charge is 2.15. The molecule has 0 fully saturated rings. The Balaban J connectivity index is 2.02. The summed E-state index contributed by atoms with van der Waals surface area (Å²) in [6, 6.07) is 16.2. The third-order valence-corrected chi connectivity index (χ3v) is 4.19. The predicted octanol–water partition coefficient (Wildman–Crippen LogP) is 4.55. The van der Waals surface area contributed by atoms with Gasteiger partial charge in [0.15, 0.2) is 0 Å². The van der Waals surface area contributed by atoms with Crippen molar-refractivity contribution in [3.8, 4) is 5.75 Å². The lowest BCUT2D eigenvalue weighted by molar-refractivity contribution is 0.156. The lowest BCUT2D eigenvalue weighted by Gasteiger charge is -2.18. The van der Waals surface area contributed by atoms with Crippen molar-refractivity contribution >= 4 is 15.9 Å². The Hall–Kier alpha value is -1.32. The first-order chi connectivity index (χ1) is 10.1. The molecule has 2 rings (SSSR count). The van der Waals surface area contributed by atoms with Crippen LogP contribution in [0.25, 0.3) is 0 Å². The van der Waals surface area contributed by atoms with Crippen molar-refractivity contribution in [3.63, 3.8) is 0 Å². The van der Waals surface area contributed by atoms with Gasteiger partial charge >= 0.3 is 0 Å². The molecule has 2 aromatic rings. The number of hydrogen-bond donors (Lipinski definition) is 1. The van der Waals surface area contributed by atoms with Gasteiger partial charge in [-0.1, -0.05) is 53.2 Å². The first kappa shape index (κ1) is 16.1. The van der Waals surface area contributed by atoms with Gasteiger partial charge in [0.25, 0.3) is 0 Å². The van der Waals surface area contributed by atoms with Gasteiger partial charge in [-0.25, -0.2) is 0 Å². The SMILES string of the molecule is COc1ccc(Br)cc1CC(O)CC(C)c1ccccc1. The maximum absolute atomic E-state index is 10.4. The summed E-state index contributed by atoms with van der Waals surface area (Å²) in [6.07, 6.45) is 0.947. The van der Waals surface area contributed by atoms with Crippen LogP contribution in [0.5, 0.6) is 5.75 Å². The first-order valence-corrected chi connectivity index (χ1v) is 7.95. The van der Waals surface area contributed by atoms with Crippen molar-refractivity contribution in [1.82, 2.24) is 0 Å². The van der Waals surface area contributed by atoms with E-state index in [0.29, 0.717) is 12.3 Å². The normalized spacial score (nSPS) is 13.7. The molecule has 0 aliphatic carbocycles. The van der Waals surface area contributed by atoms with Gasteiger partial charge in [-0.2, -0.15) is 0 Å². The van der Waals surface area contributed by atoms with E-state index >= 15 is 0 Å². The largest absolute Gasteiger partial charge is 0.496 e. The van der Waals surface area contributed by atoms with Crippen molar-refractivity contribution < 1.29 is 9.84 Å². The topological polar surface area (TPSA) is 29.5 Å². The number of ether oxygens (including phenoxy) is 1. The van der Waals surface area contributed by atoms with Crippen molar-refractivity contribution in [2.45, 2.75) is 31.8 Å². The van der Waals surface area contributed by atoms with Crippen LogP contribution >= 0.6 is 15.9 Å². The molecule has 2 unspecified atom stereocenters. The number of aliphatic hydroxyl groups is 1. The third kappa shape index (κ3) is 4.58. The van der Waals surface area contributed by atoms with Crippen LogP contribution in [0.2, 0.25) is 0 Å². The van der Waals surface area contributed by atoms with Crippen LogP contribution in [0, 0.1) is 0 Å². The molecular weight excluding hydrogens is 328 g/mol. The summed E-state index contributed by atoms with van der Waals surface area (Å²) < 4.78 is 6.36. The zero-order valence-electron chi connectivity index (χ0n) is 12.4. The molecule has 0 aromatic heterocycles. The Bertz CT molecular complexity index is 569. The summed E-state index contributed by atoms with van der Waals surface area (Å²) in [5.74, 6) is 1.16. The Morgan fingerprint density at radius 3 is 2.52 bits per heavy atom. The molecule has 0 bridgehead atoms. The van der Waals surface area contributed by atoms with Crippen LogP contribution in [-0.4, -0.2) is 18.3 Å². The zero-order valence-corrected chi connectivity index (χ0v) is 14.0. The molecule has 2 atom stereocenters. The molecule has 0 aliphatic heterocycles. The molecule has 1 N–H and O–H groups in total. The molecule has 0 saturated carbocycles. The van der Waals surface area contributed by atoms with E-state index in [4.69, 9.17) is 4.74 Å². The standard InChI is InChI=1S/C18H21BrO2/c1-13(14-6-4-3-5-7-14)10-17(20)12-15-11-16(19)8-9-18(15)21-2/h3-9,11,13,17,20H,10,12H2,1-2H3. The fourth-order valence-electron chi connectivity index (χ4n) is 2.57. The molecule has 2 aromatic carbocycles. The second-order valence-corrected chi connectivity index (χ2v) is 6.28. The van der Waals surface area contributed by atoms with Crippen LogP contribution in [0.1, 0.15) is 30.4 Å². The van der Waals surface area contributed by atoms with Crippen molar-refractivity contribution in [1.29, 1.82) is 0 Å². The molecule has 0 aliphatic rings. The Kier molecular flexibility index (Phi) is 5.83. The monoisotopic (exact) mass is 348 g/mol. The second-order valence-electron chi connectivity index (χ2n) is 5.36. The predicted molar refractivity (Wildman–Crippen MR) is 89.9 cm³/mol. The molecule has 2 nitrogen and oxygen atoms in total. The fourth-order valence-corrected chi connectivity index (χ4v) is 2.98. The third-order valence-electron chi connectivity index (χ3n) is 3.69. The van der Waals surface area contributed by atoms with E-state index in [1.54, 1.807) is 7.11 Å². The molecule has 21 heavy (non-hydrogen) atoms. The van der Waals surface area contributed by atoms with Gasteiger partial charge < -0.3 is 9.84 Å². The molecule has 0 radical (unpaired) electrons. The van der Waals surface area contributed by atoms with Gasteiger partial charge in [-0.05, 0) is 41.7 Å². The van der Waals surface area contributed by atoms with E-state index in [2.05, 4.69) is 35.0 Å². The molecule has 0 saturated heterocycles. The number of halogens is 1. The van der Waals surface area contributed by atoms with Gasteiger partial charge in [0.05, 0.1) is 13.2 Å². The van der Waals surface area contributed by atoms with E-state index in [1.165, 1.54) is 5.56 Å². The average Bonchev–Trinajstić information content (AvgIpc) is 2.48. The minimum atomic E-state index is -0.386. The van der Waals surface area contributed by atoms with Crippen LogP contribution in [0.3, 0.4) is 0 Å².